The van der Waals surface area contributed by atoms with E-state index in [1.807, 2.05) is 106 Å². The number of rotatable bonds is 42. The number of aromatic nitrogens is 3. The second-order valence-corrected chi connectivity index (χ2v) is 29.6. The quantitative estimate of drug-likeness (QED) is 0.0233. The summed E-state index contributed by atoms with van der Waals surface area (Å²) >= 11 is 1.89. The van der Waals surface area contributed by atoms with Crippen molar-refractivity contribution in [2.75, 3.05) is 118 Å². The van der Waals surface area contributed by atoms with Gasteiger partial charge in [-0.1, -0.05) is 125 Å². The number of amides is 10. The molecular formula is C78H113N13O17S. The van der Waals surface area contributed by atoms with Crippen LogP contribution in [0.1, 0.15) is 114 Å². The van der Waals surface area contributed by atoms with Crippen LogP contribution in [-0.4, -0.2) is 256 Å². The zero-order chi connectivity index (χ0) is 77.1. The van der Waals surface area contributed by atoms with Gasteiger partial charge in [-0.05, 0) is 79.2 Å². The van der Waals surface area contributed by atoms with Gasteiger partial charge in [0.2, 0.25) is 47.3 Å². The van der Waals surface area contributed by atoms with Crippen LogP contribution in [0.2, 0.25) is 0 Å². The van der Waals surface area contributed by atoms with Gasteiger partial charge < -0.3 is 90.2 Å². The van der Waals surface area contributed by atoms with Gasteiger partial charge in [-0.2, -0.15) is 11.8 Å². The highest BCUT2D eigenvalue weighted by Gasteiger charge is 2.46. The number of nitrogens with zero attached hydrogens (tertiary/aromatic N) is 5. The molecule has 5 aliphatic heterocycles. The van der Waals surface area contributed by atoms with E-state index in [4.69, 9.17) is 37.9 Å². The van der Waals surface area contributed by atoms with E-state index in [1.54, 1.807) is 28.9 Å². The summed E-state index contributed by atoms with van der Waals surface area (Å²) in [4.78, 5) is 131. The molecule has 8 N–H and O–H groups in total. The van der Waals surface area contributed by atoms with Crippen LogP contribution in [0, 0.1) is 11.8 Å². The van der Waals surface area contributed by atoms with Crippen molar-refractivity contribution in [1.29, 1.82) is 0 Å². The summed E-state index contributed by atoms with van der Waals surface area (Å²) in [6.07, 6.45) is 7.71. The van der Waals surface area contributed by atoms with Crippen molar-refractivity contribution in [3.05, 3.63) is 114 Å². The van der Waals surface area contributed by atoms with E-state index >= 15 is 4.79 Å². The molecule has 5 aliphatic rings. The monoisotopic (exact) mass is 1540 g/mol. The number of carbonyl (C=O) groups excluding carboxylic acids is 9. The number of benzene rings is 3. The fraction of sp³-hybridized carbons (Fsp3) is 0.628. The molecule has 0 unspecified atom stereocenters. The first-order valence-corrected chi connectivity index (χ1v) is 39.9. The second kappa shape index (κ2) is 45.8. The van der Waals surface area contributed by atoms with Crippen molar-refractivity contribution < 1.29 is 81.0 Å². The zero-order valence-electron chi connectivity index (χ0n) is 63.5. The molecule has 0 radical (unpaired) electrons. The van der Waals surface area contributed by atoms with Crippen LogP contribution in [0.4, 0.5) is 4.79 Å². The molecule has 6 heterocycles. The predicted octanol–water partition coefficient (Wildman–Crippen LogP) is 3.35. The van der Waals surface area contributed by atoms with E-state index in [0.29, 0.717) is 160 Å². The molecule has 1 aromatic heterocycles. The number of hydrogen-bond donors (Lipinski definition) is 8. The summed E-state index contributed by atoms with van der Waals surface area (Å²) in [7, 11) is 0. The van der Waals surface area contributed by atoms with Crippen LogP contribution >= 0.6 is 11.8 Å². The maximum atomic E-state index is 15.0. The summed E-state index contributed by atoms with van der Waals surface area (Å²) in [6.45, 7) is 14.4. The summed E-state index contributed by atoms with van der Waals surface area (Å²) in [6, 6.07) is 17.9. The zero-order valence-corrected chi connectivity index (χ0v) is 64.3. The Labute approximate surface area is 643 Å². The summed E-state index contributed by atoms with van der Waals surface area (Å²) in [5.41, 5.74) is 2.80. The summed E-state index contributed by atoms with van der Waals surface area (Å²) in [5, 5.41) is 32.4. The van der Waals surface area contributed by atoms with E-state index in [0.717, 1.165) is 36.1 Å². The number of urea groups is 1. The molecule has 0 spiro atoms. The van der Waals surface area contributed by atoms with Gasteiger partial charge in [-0.3, -0.25) is 38.4 Å². The summed E-state index contributed by atoms with van der Waals surface area (Å²) in [5.74, 6) is -3.32. The normalized spacial score (nSPS) is 23.4. The van der Waals surface area contributed by atoms with Gasteiger partial charge in [0.15, 0.2) is 0 Å². The molecule has 9 rings (SSSR count). The number of thioether (sulfide) groups is 1. The van der Waals surface area contributed by atoms with Crippen molar-refractivity contribution >= 4 is 65.1 Å². The van der Waals surface area contributed by atoms with Crippen molar-refractivity contribution in [2.45, 2.75) is 184 Å². The minimum Gasteiger partial charge on any atom is -0.491 e. The van der Waals surface area contributed by atoms with Crippen molar-refractivity contribution in [2.24, 2.45) is 11.8 Å². The number of unbranched alkanes of at least 4 members (excludes halogenated alkanes) is 1. The topological polar surface area (TPSA) is 361 Å². The van der Waals surface area contributed by atoms with Crippen LogP contribution in [0.3, 0.4) is 0 Å². The van der Waals surface area contributed by atoms with Crippen molar-refractivity contribution in [1.82, 2.24) is 67.3 Å². The molecular weight excluding hydrogens is 1420 g/mol. The molecule has 5 fully saturated rings. The largest absolute Gasteiger partial charge is 0.491 e. The van der Waals surface area contributed by atoms with Gasteiger partial charge >= 0.3 is 6.03 Å². The Morgan fingerprint density at radius 2 is 1.04 bits per heavy atom. The average Bonchev–Trinajstić information content (AvgIpc) is 1.66. The highest BCUT2D eigenvalue weighted by atomic mass is 32.2. The van der Waals surface area contributed by atoms with E-state index < -0.39 is 89.6 Å². The Kier molecular flexibility index (Phi) is 35.6. The smallest absolute Gasteiger partial charge is 0.315 e. The number of hydrogen-bond acceptors (Lipinski definition) is 20. The molecule has 0 bridgehead atoms. The van der Waals surface area contributed by atoms with Gasteiger partial charge in [0, 0.05) is 56.3 Å². The van der Waals surface area contributed by atoms with Crippen LogP contribution in [0.25, 0.3) is 0 Å². The molecule has 0 saturated carbocycles. The molecule has 10 amide bonds. The Morgan fingerprint density at radius 3 is 1.65 bits per heavy atom. The van der Waals surface area contributed by atoms with Gasteiger partial charge in [0.05, 0.1) is 117 Å². The predicted molar refractivity (Wildman–Crippen MR) is 406 cm³/mol. The highest BCUT2D eigenvalue weighted by Crippen LogP contribution is 2.33. The van der Waals surface area contributed by atoms with E-state index in [-0.39, 0.29) is 82.1 Å². The fourth-order valence-corrected chi connectivity index (χ4v) is 15.4. The van der Waals surface area contributed by atoms with Crippen LogP contribution < -0.4 is 47.3 Å². The summed E-state index contributed by atoms with van der Waals surface area (Å²) < 4.78 is 47.3. The molecule has 4 aromatic rings. The molecule has 598 valence electrons. The third kappa shape index (κ3) is 27.3. The maximum absolute atomic E-state index is 15.0. The standard InChI is InChI=1S/C78H113N13O17S/c1-5-53(3)68-75(97)82-62(49-56-19-11-8-12-20-56)76(98)90-30-15-22-65(90)74(96)85-69(54(4)6-2)77(99)91-31-16-21-64(91)73(95)81-60(47-55-17-9-7-10-18-55)71(93)80-61(72(94)84-68)48-57-25-27-59(28-26-57)108-46-45-106-42-41-104-39-40-105-43-44-107-51-58-50-89(88-87-58)32-34-102-36-38-103-37-35-101-33-29-79-67(92)24-14-13-23-66-70-63(52-109-66)83-78(100)86-70/h7-12,17-20,25-28,50,53-54,60-66,68-70H,5-6,13-16,21-24,29-49,51-52H2,1-4H3,(H,79,92)(H,80,93)(H,81,95)(H,82,97)(H,84,94)(H,85,96)(H2,83,86,100)/t53-,54-,60-,61+,62-,63-,64-,65-,66-,68-,69-,70-/m0/s1. The van der Waals surface area contributed by atoms with Crippen molar-refractivity contribution in [3.63, 3.8) is 0 Å². The second-order valence-electron chi connectivity index (χ2n) is 28.3. The van der Waals surface area contributed by atoms with Crippen LogP contribution in [0.5, 0.6) is 5.75 Å². The van der Waals surface area contributed by atoms with Gasteiger partial charge in [-0.15, -0.1) is 5.10 Å². The molecule has 3 aromatic carbocycles. The minimum atomic E-state index is -1.30. The Hall–Kier alpha value is -8.30. The number of ether oxygens (including phenoxy) is 8. The van der Waals surface area contributed by atoms with E-state index in [1.165, 1.54) is 9.80 Å². The minimum absolute atomic E-state index is 0.0180. The van der Waals surface area contributed by atoms with Gasteiger partial charge in [0.25, 0.3) is 0 Å². The molecule has 30 nitrogen and oxygen atoms in total. The first-order chi connectivity index (χ1) is 53.0. The van der Waals surface area contributed by atoms with Crippen LogP contribution in [0.15, 0.2) is 91.1 Å². The molecule has 5 saturated heterocycles. The third-order valence-corrected chi connectivity index (χ3v) is 21.9. The average molecular weight is 1540 g/mol. The molecule has 0 aliphatic carbocycles. The highest BCUT2D eigenvalue weighted by molar-refractivity contribution is 8.00. The Balaban J connectivity index is 0.673. The molecule has 109 heavy (non-hydrogen) atoms. The van der Waals surface area contributed by atoms with Crippen LogP contribution in [-0.2, 0) is 104 Å². The van der Waals surface area contributed by atoms with Gasteiger partial charge in [-0.25, -0.2) is 9.48 Å². The SMILES string of the molecule is CC[C@H](C)[C@@H]1NC(=O)[C@@H](Cc2ccc(OCCOCCOCCOCCOCc3cn(CCOCCOCCOCCNC(=O)CCCC[C@@H]4SC[C@@H]5NC(=O)N[C@@H]54)nn3)cc2)NC(=O)[C@H](Cc2ccccc2)NC(=O)[C@@H]2CCCN2C(=O)[C@H]([C@@H](C)CC)NC(=O)[C@@H]2CCCN2C(=O)[C@H](Cc2ccccc2)NC1=O. The Bertz CT molecular complexity index is 3490. The first kappa shape index (κ1) is 84.7. The lowest BCUT2D eigenvalue weighted by atomic mass is 9.95. The number of fused-ring (bicyclic) bond motifs is 3. The fourth-order valence-electron chi connectivity index (χ4n) is 13.8. The van der Waals surface area contributed by atoms with E-state index in [9.17, 15) is 38.4 Å². The van der Waals surface area contributed by atoms with E-state index in [2.05, 4.69) is 52.8 Å². The van der Waals surface area contributed by atoms with Gasteiger partial charge in [0.1, 0.15) is 60.3 Å². The lowest BCUT2D eigenvalue weighted by Crippen LogP contribution is -2.61. The lowest BCUT2D eigenvalue weighted by Gasteiger charge is -2.34. The molecule has 12 atom stereocenters. The van der Waals surface area contributed by atoms with Crippen molar-refractivity contribution in [3.8, 4) is 5.75 Å². The first-order valence-electron chi connectivity index (χ1n) is 38.9. The maximum Gasteiger partial charge on any atom is 0.315 e. The lowest BCUT2D eigenvalue weighted by molar-refractivity contribution is -0.145. The Morgan fingerprint density at radius 1 is 0.532 bits per heavy atom. The number of carbonyl (C=O) groups is 9. The third-order valence-electron chi connectivity index (χ3n) is 20.4. The molecule has 31 heteroatoms. The number of nitrogens with one attached hydrogen (secondary N) is 8.